The van der Waals surface area contributed by atoms with Crippen LogP contribution in [0.3, 0.4) is 0 Å². The first-order valence-electron chi connectivity index (χ1n) is 11.1. The first-order chi connectivity index (χ1) is 15.9. The summed E-state index contributed by atoms with van der Waals surface area (Å²) < 4.78 is 18.8. The zero-order valence-electron chi connectivity index (χ0n) is 18.8. The Morgan fingerprint density at radius 1 is 1.06 bits per heavy atom. The monoisotopic (exact) mass is 446 g/mol. The Labute approximate surface area is 193 Å². The summed E-state index contributed by atoms with van der Waals surface area (Å²) in [5, 5.41) is 2.69. The van der Waals surface area contributed by atoms with Crippen molar-refractivity contribution in [2.24, 2.45) is 0 Å². The zero-order chi connectivity index (χ0) is 23.4. The normalized spacial score (nSPS) is 15.0. The van der Waals surface area contributed by atoms with Crippen molar-refractivity contribution in [3.63, 3.8) is 0 Å². The second-order valence-electron chi connectivity index (χ2n) is 8.21. The van der Waals surface area contributed by atoms with Crippen LogP contribution in [0.1, 0.15) is 41.6 Å². The molecule has 0 bridgehead atoms. The standard InChI is InChI=1S/C27H27FN2O3/c1-3-26(32)30-15-14-19-8-13-23(16-24(19)27(30)20-6-4-18(2)5-7-20)33-17-25(31)29-22-11-9-21(28)10-12-22/h4-13,16,27H,3,14-15,17H2,1-2H3,(H,29,31)/t27-/m1/s1. The van der Waals surface area contributed by atoms with Crippen molar-refractivity contribution in [3.05, 3.63) is 94.8 Å². The maximum absolute atomic E-state index is 13.0. The van der Waals surface area contributed by atoms with Crippen LogP contribution in [0.5, 0.6) is 5.75 Å². The molecule has 0 spiro atoms. The van der Waals surface area contributed by atoms with Crippen LogP contribution in [0.4, 0.5) is 10.1 Å². The maximum Gasteiger partial charge on any atom is 0.262 e. The molecule has 4 rings (SSSR count). The molecule has 2 amide bonds. The van der Waals surface area contributed by atoms with Crippen LogP contribution in [0, 0.1) is 12.7 Å². The van der Waals surface area contributed by atoms with Crippen molar-refractivity contribution in [3.8, 4) is 5.75 Å². The highest BCUT2D eigenvalue weighted by atomic mass is 19.1. The van der Waals surface area contributed by atoms with E-state index in [1.807, 2.05) is 36.9 Å². The van der Waals surface area contributed by atoms with Gasteiger partial charge in [0.2, 0.25) is 5.91 Å². The molecule has 170 valence electrons. The van der Waals surface area contributed by atoms with Crippen molar-refractivity contribution in [2.75, 3.05) is 18.5 Å². The molecule has 3 aromatic rings. The number of ether oxygens (including phenoxy) is 1. The van der Waals surface area contributed by atoms with Gasteiger partial charge in [-0.25, -0.2) is 4.39 Å². The number of nitrogens with zero attached hydrogens (tertiary/aromatic N) is 1. The van der Waals surface area contributed by atoms with Gasteiger partial charge in [0.25, 0.3) is 5.91 Å². The van der Waals surface area contributed by atoms with Crippen molar-refractivity contribution in [1.82, 2.24) is 4.90 Å². The highest BCUT2D eigenvalue weighted by Crippen LogP contribution is 2.37. The highest BCUT2D eigenvalue weighted by molar-refractivity contribution is 5.91. The Hall–Kier alpha value is -3.67. The lowest BCUT2D eigenvalue weighted by molar-refractivity contribution is -0.132. The van der Waals surface area contributed by atoms with Gasteiger partial charge in [-0.05, 0) is 66.4 Å². The molecule has 0 fully saturated rings. The molecule has 0 saturated heterocycles. The predicted octanol–water partition coefficient (Wildman–Crippen LogP) is 5.04. The van der Waals surface area contributed by atoms with Gasteiger partial charge in [0.05, 0.1) is 6.04 Å². The number of benzene rings is 3. The fourth-order valence-corrected chi connectivity index (χ4v) is 4.14. The molecule has 0 saturated carbocycles. The van der Waals surface area contributed by atoms with Gasteiger partial charge in [0, 0.05) is 18.7 Å². The molecule has 5 nitrogen and oxygen atoms in total. The van der Waals surface area contributed by atoms with Crippen LogP contribution < -0.4 is 10.1 Å². The Balaban J connectivity index is 1.55. The van der Waals surface area contributed by atoms with E-state index in [0.717, 1.165) is 23.1 Å². The molecule has 3 aromatic carbocycles. The lowest BCUT2D eigenvalue weighted by Crippen LogP contribution is -2.40. The minimum Gasteiger partial charge on any atom is -0.484 e. The van der Waals surface area contributed by atoms with E-state index < -0.39 is 0 Å². The molecule has 1 atom stereocenters. The van der Waals surface area contributed by atoms with Crippen LogP contribution in [-0.2, 0) is 16.0 Å². The number of halogens is 1. The van der Waals surface area contributed by atoms with E-state index in [0.29, 0.717) is 24.4 Å². The summed E-state index contributed by atoms with van der Waals surface area (Å²) in [5.74, 6) is -0.0311. The van der Waals surface area contributed by atoms with Crippen LogP contribution in [0.25, 0.3) is 0 Å². The summed E-state index contributed by atoms with van der Waals surface area (Å²) in [6, 6.07) is 19.4. The van der Waals surface area contributed by atoms with Gasteiger partial charge in [-0.3, -0.25) is 9.59 Å². The third-order valence-electron chi connectivity index (χ3n) is 5.86. The number of carbonyl (C=O) groups excluding carboxylic acids is 2. The number of hydrogen-bond donors (Lipinski definition) is 1. The van der Waals surface area contributed by atoms with Gasteiger partial charge in [-0.2, -0.15) is 0 Å². The van der Waals surface area contributed by atoms with Crippen molar-refractivity contribution in [2.45, 2.75) is 32.7 Å². The third kappa shape index (κ3) is 5.22. The molecule has 6 heteroatoms. The number of carbonyl (C=O) groups is 2. The van der Waals surface area contributed by atoms with E-state index in [4.69, 9.17) is 4.74 Å². The molecule has 0 radical (unpaired) electrons. The molecule has 33 heavy (non-hydrogen) atoms. The Morgan fingerprint density at radius 3 is 2.48 bits per heavy atom. The average molecular weight is 447 g/mol. The maximum atomic E-state index is 13.0. The summed E-state index contributed by atoms with van der Waals surface area (Å²) in [7, 11) is 0. The van der Waals surface area contributed by atoms with E-state index in [1.54, 1.807) is 0 Å². The number of anilines is 1. The second-order valence-corrected chi connectivity index (χ2v) is 8.21. The topological polar surface area (TPSA) is 58.6 Å². The number of aryl methyl sites for hydroxylation is 1. The van der Waals surface area contributed by atoms with Crippen molar-refractivity contribution >= 4 is 17.5 Å². The quantitative estimate of drug-likeness (QED) is 0.577. The Kier molecular flexibility index (Phi) is 6.73. The van der Waals surface area contributed by atoms with E-state index >= 15 is 0 Å². The van der Waals surface area contributed by atoms with Crippen LogP contribution in [-0.4, -0.2) is 29.9 Å². The third-order valence-corrected chi connectivity index (χ3v) is 5.86. The van der Waals surface area contributed by atoms with Crippen LogP contribution in [0.15, 0.2) is 66.7 Å². The summed E-state index contributed by atoms with van der Waals surface area (Å²) in [5.41, 5.74) is 4.90. The molecule has 0 unspecified atom stereocenters. The molecule has 0 aliphatic carbocycles. The zero-order valence-corrected chi connectivity index (χ0v) is 18.8. The lowest BCUT2D eigenvalue weighted by Gasteiger charge is -2.38. The van der Waals surface area contributed by atoms with Crippen LogP contribution >= 0.6 is 0 Å². The number of rotatable bonds is 6. The number of fused-ring (bicyclic) bond motifs is 1. The molecular weight excluding hydrogens is 419 g/mol. The van der Waals surface area contributed by atoms with Gasteiger partial charge in [0.1, 0.15) is 11.6 Å². The highest BCUT2D eigenvalue weighted by Gasteiger charge is 2.31. The first kappa shape index (κ1) is 22.5. The number of nitrogens with one attached hydrogen (secondary N) is 1. The van der Waals surface area contributed by atoms with Gasteiger partial charge in [0.15, 0.2) is 6.61 Å². The molecule has 1 heterocycles. The van der Waals surface area contributed by atoms with Gasteiger partial charge in [-0.15, -0.1) is 0 Å². The predicted molar refractivity (Wildman–Crippen MR) is 126 cm³/mol. The van der Waals surface area contributed by atoms with Gasteiger partial charge in [-0.1, -0.05) is 42.8 Å². The summed E-state index contributed by atoms with van der Waals surface area (Å²) in [4.78, 5) is 26.9. The lowest BCUT2D eigenvalue weighted by atomic mass is 9.87. The van der Waals surface area contributed by atoms with Crippen molar-refractivity contribution in [1.29, 1.82) is 0 Å². The molecular formula is C27H27FN2O3. The number of hydrogen-bond acceptors (Lipinski definition) is 3. The van der Waals surface area contributed by atoms with Crippen molar-refractivity contribution < 1.29 is 18.7 Å². The smallest absolute Gasteiger partial charge is 0.262 e. The fraction of sp³-hybridized carbons (Fsp3) is 0.259. The van der Waals surface area contributed by atoms with E-state index in [9.17, 15) is 14.0 Å². The SMILES string of the molecule is CCC(=O)N1CCc2ccc(OCC(=O)Nc3ccc(F)cc3)cc2[C@H]1c1ccc(C)cc1. The number of amides is 2. The Bertz CT molecular complexity index is 1140. The van der Waals surface area contributed by atoms with Gasteiger partial charge >= 0.3 is 0 Å². The minimum atomic E-state index is -0.364. The average Bonchev–Trinajstić information content (AvgIpc) is 2.83. The molecule has 0 aromatic heterocycles. The van der Waals surface area contributed by atoms with E-state index in [-0.39, 0.29) is 30.3 Å². The molecule has 1 aliphatic heterocycles. The Morgan fingerprint density at radius 2 is 1.79 bits per heavy atom. The molecule has 1 aliphatic rings. The fourth-order valence-electron chi connectivity index (χ4n) is 4.14. The summed E-state index contributed by atoms with van der Waals surface area (Å²) >= 11 is 0. The second kappa shape index (κ2) is 9.86. The molecule has 1 N–H and O–H groups in total. The largest absolute Gasteiger partial charge is 0.484 e. The summed E-state index contributed by atoms with van der Waals surface area (Å²) in [6.45, 7) is 4.40. The first-order valence-corrected chi connectivity index (χ1v) is 11.1. The van der Waals surface area contributed by atoms with E-state index in [2.05, 4.69) is 29.6 Å². The van der Waals surface area contributed by atoms with E-state index in [1.165, 1.54) is 29.8 Å². The van der Waals surface area contributed by atoms with Gasteiger partial charge < -0.3 is 15.0 Å². The van der Waals surface area contributed by atoms with Crippen LogP contribution in [0.2, 0.25) is 0 Å². The minimum absolute atomic E-state index is 0.108. The summed E-state index contributed by atoms with van der Waals surface area (Å²) in [6.07, 6.45) is 1.21.